The molecule has 0 aliphatic carbocycles. The van der Waals surface area contributed by atoms with Crippen LogP contribution in [0.5, 0.6) is 0 Å². The van der Waals surface area contributed by atoms with Crippen molar-refractivity contribution in [2.24, 2.45) is 0 Å². The highest BCUT2D eigenvalue weighted by atomic mass is 19.1. The third-order valence-corrected chi connectivity index (χ3v) is 3.40. The van der Waals surface area contributed by atoms with Gasteiger partial charge in [0.25, 0.3) is 0 Å². The minimum atomic E-state index is -0.402. The van der Waals surface area contributed by atoms with Crippen LogP contribution in [0.4, 0.5) is 10.1 Å². The molecule has 0 radical (unpaired) electrons. The van der Waals surface area contributed by atoms with Crippen LogP contribution in [0.2, 0.25) is 0 Å². The van der Waals surface area contributed by atoms with E-state index in [4.69, 9.17) is 4.74 Å². The number of esters is 1. The molecule has 3 nitrogen and oxygen atoms in total. The monoisotopic (exact) mass is 287 g/mol. The summed E-state index contributed by atoms with van der Waals surface area (Å²) in [7, 11) is 1.35. The van der Waals surface area contributed by atoms with Crippen molar-refractivity contribution < 1.29 is 13.9 Å². The summed E-state index contributed by atoms with van der Waals surface area (Å²) < 4.78 is 18.4. The Balaban J connectivity index is 2.25. The number of anilines is 1. The van der Waals surface area contributed by atoms with Crippen LogP contribution in [0, 0.1) is 12.7 Å². The Bertz CT molecular complexity index is 655. The van der Waals surface area contributed by atoms with Gasteiger partial charge in [-0.1, -0.05) is 24.3 Å². The van der Waals surface area contributed by atoms with Gasteiger partial charge in [-0.3, -0.25) is 0 Å². The number of methoxy groups -OCH3 is 1. The zero-order chi connectivity index (χ0) is 15.4. The van der Waals surface area contributed by atoms with Gasteiger partial charge in [-0.15, -0.1) is 0 Å². The molecule has 21 heavy (non-hydrogen) atoms. The number of para-hydroxylation sites is 1. The van der Waals surface area contributed by atoms with E-state index in [1.807, 2.05) is 19.1 Å². The van der Waals surface area contributed by atoms with Gasteiger partial charge in [-0.25, -0.2) is 9.18 Å². The van der Waals surface area contributed by atoms with E-state index in [1.54, 1.807) is 31.2 Å². The zero-order valence-corrected chi connectivity index (χ0v) is 12.3. The van der Waals surface area contributed by atoms with Crippen LogP contribution in [0.3, 0.4) is 0 Å². The molecule has 1 unspecified atom stereocenters. The number of benzene rings is 2. The predicted octanol–water partition coefficient (Wildman–Crippen LogP) is 4.09. The van der Waals surface area contributed by atoms with Gasteiger partial charge in [0.15, 0.2) is 0 Å². The van der Waals surface area contributed by atoms with E-state index in [2.05, 4.69) is 5.32 Å². The van der Waals surface area contributed by atoms with Crippen LogP contribution in [-0.4, -0.2) is 13.1 Å². The fourth-order valence-corrected chi connectivity index (χ4v) is 2.09. The highest BCUT2D eigenvalue weighted by Gasteiger charge is 2.14. The molecule has 1 N–H and O–H groups in total. The van der Waals surface area contributed by atoms with Crippen LogP contribution in [0.25, 0.3) is 0 Å². The minimum absolute atomic E-state index is 0.133. The Morgan fingerprint density at radius 1 is 1.24 bits per heavy atom. The third-order valence-electron chi connectivity index (χ3n) is 3.40. The number of rotatable bonds is 4. The van der Waals surface area contributed by atoms with Gasteiger partial charge in [0, 0.05) is 11.7 Å². The number of nitrogens with one attached hydrogen (secondary N) is 1. The molecule has 1 atom stereocenters. The topological polar surface area (TPSA) is 38.3 Å². The summed E-state index contributed by atoms with van der Waals surface area (Å²) >= 11 is 0. The first-order valence-electron chi connectivity index (χ1n) is 6.73. The Morgan fingerprint density at radius 3 is 2.62 bits per heavy atom. The second-order valence-corrected chi connectivity index (χ2v) is 4.91. The molecule has 0 amide bonds. The molecule has 4 heteroatoms. The first kappa shape index (κ1) is 15.0. The maximum absolute atomic E-state index is 13.6. The highest BCUT2D eigenvalue weighted by molar-refractivity contribution is 5.95. The summed E-state index contributed by atoms with van der Waals surface area (Å²) in [5.41, 5.74) is 2.55. The summed E-state index contributed by atoms with van der Waals surface area (Å²) in [5, 5.41) is 3.22. The Morgan fingerprint density at radius 2 is 1.95 bits per heavy atom. The van der Waals surface area contributed by atoms with Crippen molar-refractivity contribution in [3.8, 4) is 0 Å². The fraction of sp³-hybridized carbons (Fsp3) is 0.235. The standard InChI is InChI=1S/C17H18FNO2/c1-11-8-9-13(10-15(11)18)12(2)19-16-7-5-4-6-14(16)17(20)21-3/h4-10,12,19H,1-3H3. The van der Waals surface area contributed by atoms with Gasteiger partial charge >= 0.3 is 5.97 Å². The number of halogens is 1. The predicted molar refractivity (Wildman–Crippen MR) is 81.0 cm³/mol. The molecule has 0 fully saturated rings. The Hall–Kier alpha value is -2.36. The molecule has 2 aromatic rings. The van der Waals surface area contributed by atoms with Gasteiger partial charge in [0.1, 0.15) is 5.82 Å². The van der Waals surface area contributed by atoms with Gasteiger partial charge < -0.3 is 10.1 Å². The highest BCUT2D eigenvalue weighted by Crippen LogP contribution is 2.24. The molecule has 0 spiro atoms. The van der Waals surface area contributed by atoms with E-state index in [0.29, 0.717) is 16.8 Å². The SMILES string of the molecule is COC(=O)c1ccccc1NC(C)c1ccc(C)c(F)c1. The number of carbonyl (C=O) groups is 1. The summed E-state index contributed by atoms with van der Waals surface area (Å²) in [6, 6.07) is 12.1. The molecule has 110 valence electrons. The Labute approximate surface area is 123 Å². The molecule has 0 aliphatic rings. The lowest BCUT2D eigenvalue weighted by atomic mass is 10.0. The molecule has 2 rings (SSSR count). The van der Waals surface area contributed by atoms with E-state index in [9.17, 15) is 9.18 Å². The molecule has 0 heterocycles. The van der Waals surface area contributed by atoms with E-state index in [0.717, 1.165) is 5.56 Å². The normalized spacial score (nSPS) is 11.8. The van der Waals surface area contributed by atoms with E-state index < -0.39 is 5.97 Å². The first-order valence-corrected chi connectivity index (χ1v) is 6.73. The van der Waals surface area contributed by atoms with Gasteiger partial charge in [0.05, 0.1) is 12.7 Å². The summed E-state index contributed by atoms with van der Waals surface area (Å²) in [6.07, 6.45) is 0. The number of hydrogen-bond acceptors (Lipinski definition) is 3. The lowest BCUT2D eigenvalue weighted by molar-refractivity contribution is 0.0602. The average molecular weight is 287 g/mol. The Kier molecular flexibility index (Phi) is 4.58. The number of carbonyl (C=O) groups excluding carboxylic acids is 1. The maximum atomic E-state index is 13.6. The van der Waals surface area contributed by atoms with E-state index in [-0.39, 0.29) is 11.9 Å². The molecular formula is C17H18FNO2. The average Bonchev–Trinajstić information content (AvgIpc) is 2.49. The number of aryl methyl sites for hydroxylation is 1. The van der Waals surface area contributed by atoms with Crippen molar-refractivity contribution in [2.45, 2.75) is 19.9 Å². The first-order chi connectivity index (χ1) is 10.0. The molecule has 0 aromatic heterocycles. The molecule has 0 aliphatic heterocycles. The summed E-state index contributed by atoms with van der Waals surface area (Å²) in [5.74, 6) is -0.636. The quantitative estimate of drug-likeness (QED) is 0.861. The number of hydrogen-bond donors (Lipinski definition) is 1. The van der Waals surface area contributed by atoms with Gasteiger partial charge in [-0.05, 0) is 43.2 Å². The minimum Gasteiger partial charge on any atom is -0.465 e. The van der Waals surface area contributed by atoms with Gasteiger partial charge in [-0.2, -0.15) is 0 Å². The fourth-order valence-electron chi connectivity index (χ4n) is 2.09. The van der Waals surface area contributed by atoms with Crippen LogP contribution in [0.15, 0.2) is 42.5 Å². The lowest BCUT2D eigenvalue weighted by Gasteiger charge is -2.18. The molecular weight excluding hydrogens is 269 g/mol. The van der Waals surface area contributed by atoms with Crippen LogP contribution < -0.4 is 5.32 Å². The van der Waals surface area contributed by atoms with E-state index in [1.165, 1.54) is 13.2 Å². The maximum Gasteiger partial charge on any atom is 0.339 e. The van der Waals surface area contributed by atoms with E-state index >= 15 is 0 Å². The molecule has 2 aromatic carbocycles. The van der Waals surface area contributed by atoms with Crippen molar-refractivity contribution >= 4 is 11.7 Å². The molecule has 0 bridgehead atoms. The second-order valence-electron chi connectivity index (χ2n) is 4.91. The molecule has 0 saturated heterocycles. The van der Waals surface area contributed by atoms with Crippen molar-refractivity contribution in [3.05, 3.63) is 65.0 Å². The smallest absolute Gasteiger partial charge is 0.339 e. The third kappa shape index (κ3) is 3.40. The second kappa shape index (κ2) is 6.39. The van der Waals surface area contributed by atoms with Crippen molar-refractivity contribution in [2.75, 3.05) is 12.4 Å². The largest absolute Gasteiger partial charge is 0.465 e. The molecule has 0 saturated carbocycles. The van der Waals surface area contributed by atoms with Gasteiger partial charge in [0.2, 0.25) is 0 Å². The van der Waals surface area contributed by atoms with Crippen LogP contribution in [0.1, 0.15) is 34.5 Å². The van der Waals surface area contributed by atoms with Crippen molar-refractivity contribution in [3.63, 3.8) is 0 Å². The summed E-state index contributed by atoms with van der Waals surface area (Å²) in [4.78, 5) is 11.7. The van der Waals surface area contributed by atoms with Crippen LogP contribution >= 0.6 is 0 Å². The zero-order valence-electron chi connectivity index (χ0n) is 12.3. The number of ether oxygens (including phenoxy) is 1. The lowest BCUT2D eigenvalue weighted by Crippen LogP contribution is -2.12. The summed E-state index contributed by atoms with van der Waals surface area (Å²) in [6.45, 7) is 3.64. The van der Waals surface area contributed by atoms with Crippen molar-refractivity contribution in [1.82, 2.24) is 0 Å². The van der Waals surface area contributed by atoms with Crippen molar-refractivity contribution in [1.29, 1.82) is 0 Å². The van der Waals surface area contributed by atoms with Crippen LogP contribution in [-0.2, 0) is 4.74 Å².